The quantitative estimate of drug-likeness (QED) is 0.806. The molecule has 0 saturated carbocycles. The number of benzene rings is 2. The lowest BCUT2D eigenvalue weighted by molar-refractivity contribution is -0.149. The Morgan fingerprint density at radius 2 is 1.97 bits per heavy atom. The number of fused-ring (bicyclic) bond motifs is 1. The third-order valence-electron chi connectivity index (χ3n) is 5.43. The Balaban J connectivity index is 1.83. The number of rotatable bonds is 4. The maximum absolute atomic E-state index is 13.4. The van der Waals surface area contributed by atoms with Crippen LogP contribution < -0.4 is 9.47 Å². The molecule has 2 atom stereocenters. The van der Waals surface area contributed by atoms with E-state index in [1.807, 2.05) is 0 Å². The molecule has 2 aromatic rings. The molecule has 2 aromatic carbocycles. The molecule has 0 spiro atoms. The van der Waals surface area contributed by atoms with E-state index in [0.717, 1.165) is 0 Å². The summed E-state index contributed by atoms with van der Waals surface area (Å²) in [6.45, 7) is 0. The van der Waals surface area contributed by atoms with Gasteiger partial charge in [0.2, 0.25) is 5.91 Å². The lowest BCUT2D eigenvalue weighted by Gasteiger charge is -2.38. The van der Waals surface area contributed by atoms with Crippen LogP contribution in [-0.2, 0) is 10.5 Å². The molecule has 1 amide bonds. The highest BCUT2D eigenvalue weighted by Crippen LogP contribution is 2.52. The number of halogens is 1. The van der Waals surface area contributed by atoms with Gasteiger partial charge >= 0.3 is 0 Å². The van der Waals surface area contributed by atoms with Crippen LogP contribution in [0.25, 0.3) is 0 Å². The molecule has 30 heavy (non-hydrogen) atoms. The van der Waals surface area contributed by atoms with E-state index in [-0.39, 0.29) is 18.1 Å². The largest absolute Gasteiger partial charge is 0.497 e. The Morgan fingerprint density at radius 1 is 1.23 bits per heavy atom. The summed E-state index contributed by atoms with van der Waals surface area (Å²) in [5.41, 5.74) is -0.193. The highest BCUT2D eigenvalue weighted by atomic mass is 32.2. The summed E-state index contributed by atoms with van der Waals surface area (Å²) in [5, 5.41) is 21.7. The number of carbonyl (C=O) groups is 1. The van der Waals surface area contributed by atoms with Crippen molar-refractivity contribution in [2.24, 2.45) is 0 Å². The summed E-state index contributed by atoms with van der Waals surface area (Å²) in [6.07, 6.45) is -0.0139. The van der Waals surface area contributed by atoms with Crippen molar-refractivity contribution in [2.45, 2.75) is 18.1 Å². The summed E-state index contributed by atoms with van der Waals surface area (Å²) in [4.78, 5) is 14.5. The molecule has 1 saturated heterocycles. The average Bonchev–Trinajstić information content (AvgIpc) is 3.12. The number of thioether (sulfide) groups is 1. The van der Waals surface area contributed by atoms with Crippen LogP contribution in [0.1, 0.15) is 23.5 Å². The molecule has 4 rings (SSSR count). The first kappa shape index (κ1) is 20.3. The first-order chi connectivity index (χ1) is 14.4. The number of aliphatic hydroxyl groups is 1. The van der Waals surface area contributed by atoms with Crippen LogP contribution in [0.5, 0.6) is 11.5 Å². The molecular formula is C22H19FN2O4S. The first-order valence-electron chi connectivity index (χ1n) is 9.23. The highest BCUT2D eigenvalue weighted by Gasteiger charge is 2.52. The van der Waals surface area contributed by atoms with Crippen LogP contribution in [0.15, 0.2) is 53.1 Å². The number of hydrogen-bond donors (Lipinski definition) is 1. The van der Waals surface area contributed by atoms with Crippen molar-refractivity contribution in [2.75, 3.05) is 20.0 Å². The van der Waals surface area contributed by atoms with Crippen molar-refractivity contribution in [3.63, 3.8) is 0 Å². The number of methoxy groups -OCH3 is 2. The molecule has 2 aliphatic rings. The number of amides is 1. The highest BCUT2D eigenvalue weighted by molar-refractivity contribution is 8.03. The van der Waals surface area contributed by atoms with Gasteiger partial charge in [-0.05, 0) is 30.3 Å². The van der Waals surface area contributed by atoms with Gasteiger partial charge in [0.25, 0.3) is 0 Å². The molecule has 0 bridgehead atoms. The molecular weight excluding hydrogens is 407 g/mol. The van der Waals surface area contributed by atoms with Gasteiger partial charge in [0.15, 0.2) is 5.72 Å². The van der Waals surface area contributed by atoms with Gasteiger partial charge in [0.05, 0.1) is 36.6 Å². The smallest absolute Gasteiger partial charge is 0.231 e. The predicted octanol–water partition coefficient (Wildman–Crippen LogP) is 3.49. The third-order valence-corrected chi connectivity index (χ3v) is 6.65. The maximum atomic E-state index is 13.4. The Hall–Kier alpha value is -3.02. The lowest BCUT2D eigenvalue weighted by Crippen LogP contribution is -2.48. The molecule has 1 fully saturated rings. The van der Waals surface area contributed by atoms with Crippen molar-refractivity contribution in [1.82, 2.24) is 4.90 Å². The minimum atomic E-state index is -1.64. The van der Waals surface area contributed by atoms with E-state index < -0.39 is 17.5 Å². The van der Waals surface area contributed by atoms with Crippen LogP contribution in [0, 0.1) is 17.1 Å². The molecule has 2 heterocycles. The zero-order valence-electron chi connectivity index (χ0n) is 16.4. The van der Waals surface area contributed by atoms with Gasteiger partial charge in [-0.25, -0.2) is 4.39 Å². The molecule has 0 aliphatic carbocycles. The fourth-order valence-corrected chi connectivity index (χ4v) is 5.29. The normalized spacial score (nSPS) is 23.2. The molecule has 1 N–H and O–H groups in total. The molecule has 0 unspecified atom stereocenters. The SMILES string of the molecule is COc1ccc(OC)c([C@H]2CC(=O)N3C(=C2C#N)SC[C@@]3(O)c2ccc(F)cc2)c1. The fourth-order valence-electron chi connectivity index (χ4n) is 3.93. The van der Waals surface area contributed by atoms with E-state index in [1.54, 1.807) is 25.3 Å². The first-order valence-corrected chi connectivity index (χ1v) is 10.2. The lowest BCUT2D eigenvalue weighted by atomic mass is 9.84. The van der Waals surface area contributed by atoms with E-state index in [1.165, 1.54) is 48.0 Å². The van der Waals surface area contributed by atoms with Gasteiger partial charge in [0, 0.05) is 23.5 Å². The average molecular weight is 426 g/mol. The second kappa shape index (κ2) is 7.67. The van der Waals surface area contributed by atoms with Gasteiger partial charge in [-0.3, -0.25) is 9.69 Å². The minimum absolute atomic E-state index is 0.0139. The van der Waals surface area contributed by atoms with Gasteiger partial charge in [0.1, 0.15) is 17.3 Å². The molecule has 154 valence electrons. The summed E-state index contributed by atoms with van der Waals surface area (Å²) in [7, 11) is 3.07. The van der Waals surface area contributed by atoms with Crippen LogP contribution in [-0.4, -0.2) is 35.9 Å². The van der Waals surface area contributed by atoms with Gasteiger partial charge in [-0.2, -0.15) is 5.26 Å². The summed E-state index contributed by atoms with van der Waals surface area (Å²) < 4.78 is 24.1. The Bertz CT molecular complexity index is 1080. The summed E-state index contributed by atoms with van der Waals surface area (Å²) in [5.74, 6) is -0.00130. The van der Waals surface area contributed by atoms with E-state index in [2.05, 4.69) is 6.07 Å². The van der Waals surface area contributed by atoms with Crippen molar-refractivity contribution >= 4 is 17.7 Å². The number of nitrogens with zero attached hydrogens (tertiary/aromatic N) is 2. The van der Waals surface area contributed by atoms with Crippen LogP contribution in [0.4, 0.5) is 4.39 Å². The van der Waals surface area contributed by atoms with Crippen molar-refractivity contribution in [1.29, 1.82) is 5.26 Å². The Morgan fingerprint density at radius 3 is 2.60 bits per heavy atom. The van der Waals surface area contributed by atoms with Crippen molar-refractivity contribution in [3.05, 3.63) is 70.0 Å². The number of allylic oxidation sites excluding steroid dienone is 1. The van der Waals surface area contributed by atoms with Crippen LogP contribution in [0.3, 0.4) is 0 Å². The topological polar surface area (TPSA) is 82.8 Å². The molecule has 0 radical (unpaired) electrons. The Labute approximate surface area is 177 Å². The van der Waals surface area contributed by atoms with Crippen molar-refractivity contribution < 1.29 is 23.8 Å². The molecule has 2 aliphatic heterocycles. The number of carbonyl (C=O) groups excluding carboxylic acids is 1. The van der Waals surface area contributed by atoms with Gasteiger partial charge in [-0.15, -0.1) is 11.8 Å². The summed E-state index contributed by atoms with van der Waals surface area (Å²) >= 11 is 1.24. The zero-order valence-corrected chi connectivity index (χ0v) is 17.2. The molecule has 8 heteroatoms. The van der Waals surface area contributed by atoms with E-state index in [4.69, 9.17) is 9.47 Å². The molecule has 6 nitrogen and oxygen atoms in total. The standard InChI is InChI=1S/C22H19FN2O4S/c1-28-15-7-8-19(29-2)17(9-15)16-10-20(26)25-21(18(16)11-24)30-12-22(25,27)13-3-5-14(23)6-4-13/h3-9,16,27H,10,12H2,1-2H3/t16-,22-/m1/s1. The van der Waals surface area contributed by atoms with E-state index in [9.17, 15) is 19.6 Å². The predicted molar refractivity (Wildman–Crippen MR) is 109 cm³/mol. The van der Waals surface area contributed by atoms with E-state index >= 15 is 0 Å². The van der Waals surface area contributed by atoms with E-state index in [0.29, 0.717) is 33.2 Å². The Kier molecular flexibility index (Phi) is 5.18. The maximum Gasteiger partial charge on any atom is 0.231 e. The van der Waals surface area contributed by atoms with Crippen LogP contribution >= 0.6 is 11.8 Å². The second-order valence-electron chi connectivity index (χ2n) is 7.04. The fraction of sp³-hybridized carbons (Fsp3) is 0.273. The van der Waals surface area contributed by atoms with Gasteiger partial charge in [-0.1, -0.05) is 12.1 Å². The van der Waals surface area contributed by atoms with Crippen LogP contribution in [0.2, 0.25) is 0 Å². The number of hydrogen-bond acceptors (Lipinski definition) is 6. The summed E-state index contributed by atoms with van der Waals surface area (Å²) in [6, 6.07) is 12.9. The monoisotopic (exact) mass is 426 g/mol. The minimum Gasteiger partial charge on any atom is -0.497 e. The number of ether oxygens (including phenoxy) is 2. The second-order valence-corrected chi connectivity index (χ2v) is 8.00. The molecule has 0 aromatic heterocycles. The number of nitriles is 1. The van der Waals surface area contributed by atoms with Gasteiger partial charge < -0.3 is 14.6 Å². The zero-order chi connectivity index (χ0) is 21.5. The third kappa shape index (κ3) is 3.11. The van der Waals surface area contributed by atoms with Crippen molar-refractivity contribution in [3.8, 4) is 17.6 Å².